The summed E-state index contributed by atoms with van der Waals surface area (Å²) in [5.41, 5.74) is 0. The third-order valence-electron chi connectivity index (χ3n) is 4.43. The van der Waals surface area contributed by atoms with Crippen LogP contribution in [0.5, 0.6) is 11.5 Å². The average Bonchev–Trinajstić information content (AvgIpc) is 2.70. The van der Waals surface area contributed by atoms with E-state index in [0.717, 1.165) is 0 Å². The number of fused-ring (bicyclic) bond motifs is 1. The molecular weight excluding hydrogens is 416 g/mol. The van der Waals surface area contributed by atoms with Crippen LogP contribution in [0, 0.1) is 5.92 Å². The molecule has 0 saturated carbocycles. The number of amides is 1. The zero-order valence-corrected chi connectivity index (χ0v) is 17.7. The van der Waals surface area contributed by atoms with E-state index in [1.165, 1.54) is 24.3 Å². The lowest BCUT2D eigenvalue weighted by Crippen LogP contribution is -2.52. The minimum absolute atomic E-state index is 0.0426. The lowest BCUT2D eigenvalue weighted by Gasteiger charge is -2.28. The van der Waals surface area contributed by atoms with Gasteiger partial charge < -0.3 is 14.8 Å². The van der Waals surface area contributed by atoms with Crippen LogP contribution in [0.1, 0.15) is 13.8 Å². The number of ether oxygens (including phenoxy) is 2. The van der Waals surface area contributed by atoms with Crippen molar-refractivity contribution in [1.82, 2.24) is 10.0 Å². The highest BCUT2D eigenvalue weighted by molar-refractivity contribution is 7.89. The van der Waals surface area contributed by atoms with Crippen molar-refractivity contribution in [3.63, 3.8) is 0 Å². The van der Waals surface area contributed by atoms with Crippen LogP contribution in [-0.4, -0.2) is 39.6 Å². The molecule has 3 rings (SSSR count). The van der Waals surface area contributed by atoms with Gasteiger partial charge in [0.15, 0.2) is 11.5 Å². The lowest BCUT2D eigenvalue weighted by atomic mass is 10.1. The Labute approximate surface area is 175 Å². The van der Waals surface area contributed by atoms with Crippen LogP contribution < -0.4 is 19.5 Å². The van der Waals surface area contributed by atoms with Crippen molar-refractivity contribution >= 4 is 27.5 Å². The summed E-state index contributed by atoms with van der Waals surface area (Å²) in [4.78, 5) is 12.7. The fourth-order valence-corrected chi connectivity index (χ4v) is 4.30. The van der Waals surface area contributed by atoms with E-state index in [-0.39, 0.29) is 23.5 Å². The van der Waals surface area contributed by atoms with Gasteiger partial charge in [0.25, 0.3) is 0 Å². The van der Waals surface area contributed by atoms with Crippen LogP contribution >= 0.6 is 11.6 Å². The summed E-state index contributed by atoms with van der Waals surface area (Å²) in [6.07, 6.45) is -0.366. The van der Waals surface area contributed by atoms with Gasteiger partial charge in [0.05, 0.1) is 11.4 Å². The first kappa shape index (κ1) is 21.4. The van der Waals surface area contributed by atoms with Gasteiger partial charge in [0, 0.05) is 5.02 Å². The molecule has 0 aromatic heterocycles. The molecule has 2 atom stereocenters. The molecule has 1 aliphatic heterocycles. The Balaban J connectivity index is 1.62. The van der Waals surface area contributed by atoms with Crippen LogP contribution in [0.15, 0.2) is 53.4 Å². The molecule has 9 heteroatoms. The van der Waals surface area contributed by atoms with Crippen molar-refractivity contribution in [1.29, 1.82) is 0 Å². The molecule has 1 amide bonds. The Kier molecular flexibility index (Phi) is 6.66. The Hall–Kier alpha value is -2.29. The number of nitrogens with one attached hydrogen (secondary N) is 2. The van der Waals surface area contributed by atoms with Crippen molar-refractivity contribution in [2.75, 3.05) is 13.2 Å². The monoisotopic (exact) mass is 438 g/mol. The highest BCUT2D eigenvalue weighted by atomic mass is 35.5. The van der Waals surface area contributed by atoms with E-state index in [2.05, 4.69) is 10.0 Å². The number of carbonyl (C=O) groups is 1. The van der Waals surface area contributed by atoms with Crippen LogP contribution in [0.3, 0.4) is 0 Å². The van der Waals surface area contributed by atoms with E-state index < -0.39 is 22.0 Å². The second-order valence-corrected chi connectivity index (χ2v) is 9.19. The fraction of sp³-hybridized carbons (Fsp3) is 0.350. The maximum absolute atomic E-state index is 12.7. The third kappa shape index (κ3) is 5.41. The maximum Gasteiger partial charge on any atom is 0.241 e. The number of halogens is 1. The van der Waals surface area contributed by atoms with E-state index in [4.69, 9.17) is 21.1 Å². The topological polar surface area (TPSA) is 93.7 Å². The zero-order chi connectivity index (χ0) is 21.0. The minimum Gasteiger partial charge on any atom is -0.486 e. The molecular formula is C20H23ClN2O5S. The Morgan fingerprint density at radius 3 is 2.45 bits per heavy atom. The van der Waals surface area contributed by atoms with Gasteiger partial charge >= 0.3 is 0 Å². The molecule has 0 radical (unpaired) electrons. The van der Waals surface area contributed by atoms with Gasteiger partial charge in [-0.25, -0.2) is 8.42 Å². The fourth-order valence-electron chi connectivity index (χ4n) is 2.83. The maximum atomic E-state index is 12.7. The molecule has 2 aromatic carbocycles. The second-order valence-electron chi connectivity index (χ2n) is 7.04. The summed E-state index contributed by atoms with van der Waals surface area (Å²) < 4.78 is 39.2. The first-order chi connectivity index (χ1) is 13.8. The highest BCUT2D eigenvalue weighted by Gasteiger charge is 2.29. The molecule has 1 aliphatic rings. The van der Waals surface area contributed by atoms with E-state index in [9.17, 15) is 13.2 Å². The van der Waals surface area contributed by atoms with Crippen molar-refractivity contribution in [2.45, 2.75) is 30.9 Å². The van der Waals surface area contributed by atoms with Crippen LogP contribution in [-0.2, 0) is 14.8 Å². The van der Waals surface area contributed by atoms with Crippen LogP contribution in [0.25, 0.3) is 0 Å². The summed E-state index contributed by atoms with van der Waals surface area (Å²) in [7, 11) is -3.87. The first-order valence-electron chi connectivity index (χ1n) is 9.20. The Morgan fingerprint density at radius 1 is 1.14 bits per heavy atom. The molecule has 0 aliphatic carbocycles. The average molecular weight is 439 g/mol. The molecule has 29 heavy (non-hydrogen) atoms. The molecule has 0 saturated heterocycles. The molecule has 2 aromatic rings. The number of para-hydroxylation sites is 2. The van der Waals surface area contributed by atoms with E-state index in [1.807, 2.05) is 18.2 Å². The molecule has 7 nitrogen and oxygen atoms in total. The zero-order valence-electron chi connectivity index (χ0n) is 16.1. The van der Waals surface area contributed by atoms with E-state index in [0.29, 0.717) is 23.1 Å². The number of sulfonamides is 1. The van der Waals surface area contributed by atoms with Crippen molar-refractivity contribution in [3.8, 4) is 11.5 Å². The van der Waals surface area contributed by atoms with Crippen LogP contribution in [0.2, 0.25) is 5.02 Å². The Morgan fingerprint density at radius 2 is 1.79 bits per heavy atom. The van der Waals surface area contributed by atoms with E-state index in [1.54, 1.807) is 19.9 Å². The molecule has 1 unspecified atom stereocenters. The minimum atomic E-state index is -3.87. The summed E-state index contributed by atoms with van der Waals surface area (Å²) in [5.74, 6) is 0.578. The number of benzene rings is 2. The predicted molar refractivity (Wildman–Crippen MR) is 110 cm³/mol. The number of carbonyl (C=O) groups excluding carboxylic acids is 1. The standard InChI is InChI=1S/C20H23ClN2O5S/c1-13(2)19(23-29(25,26)16-9-7-14(21)8-10-16)20(24)22-11-15-12-27-17-5-3-4-6-18(17)28-15/h3-10,13,15,19,23H,11-12H2,1-2H3,(H,22,24)/t15?,19-/m1/s1. The number of hydrogen-bond donors (Lipinski definition) is 2. The summed E-state index contributed by atoms with van der Waals surface area (Å²) in [6.45, 7) is 4.02. The lowest BCUT2D eigenvalue weighted by molar-refractivity contribution is -0.124. The van der Waals surface area contributed by atoms with Gasteiger partial charge in [-0.3, -0.25) is 4.79 Å². The highest BCUT2D eigenvalue weighted by Crippen LogP contribution is 2.30. The summed E-state index contributed by atoms with van der Waals surface area (Å²) in [6, 6.07) is 12.1. The normalized spacial score (nSPS) is 17.0. The smallest absolute Gasteiger partial charge is 0.241 e. The molecule has 0 fully saturated rings. The first-order valence-corrected chi connectivity index (χ1v) is 11.1. The largest absolute Gasteiger partial charge is 0.486 e. The van der Waals surface area contributed by atoms with Crippen LogP contribution in [0.4, 0.5) is 0 Å². The van der Waals surface area contributed by atoms with Gasteiger partial charge in [-0.1, -0.05) is 37.6 Å². The number of rotatable bonds is 7. The van der Waals surface area contributed by atoms with Gasteiger partial charge in [-0.05, 0) is 42.3 Å². The summed E-state index contributed by atoms with van der Waals surface area (Å²) >= 11 is 5.81. The molecule has 0 spiro atoms. The Bertz CT molecular complexity index is 963. The molecule has 156 valence electrons. The molecule has 0 bridgehead atoms. The van der Waals surface area contributed by atoms with Crippen molar-refractivity contribution in [3.05, 3.63) is 53.6 Å². The molecule has 2 N–H and O–H groups in total. The van der Waals surface area contributed by atoms with Gasteiger partial charge in [-0.2, -0.15) is 4.72 Å². The van der Waals surface area contributed by atoms with Gasteiger partial charge in [0.1, 0.15) is 18.8 Å². The second kappa shape index (κ2) is 9.02. The predicted octanol–water partition coefficient (Wildman–Crippen LogP) is 2.60. The third-order valence-corrected chi connectivity index (χ3v) is 6.14. The van der Waals surface area contributed by atoms with Gasteiger partial charge in [0.2, 0.25) is 15.9 Å². The van der Waals surface area contributed by atoms with Gasteiger partial charge in [-0.15, -0.1) is 0 Å². The van der Waals surface area contributed by atoms with Crippen molar-refractivity contribution in [2.24, 2.45) is 5.92 Å². The SMILES string of the molecule is CC(C)[C@@H](NS(=O)(=O)c1ccc(Cl)cc1)C(=O)NCC1COc2ccccc2O1. The molecule has 1 heterocycles. The van der Waals surface area contributed by atoms with Crippen molar-refractivity contribution < 1.29 is 22.7 Å². The number of hydrogen-bond acceptors (Lipinski definition) is 5. The summed E-state index contributed by atoms with van der Waals surface area (Å²) in [5, 5.41) is 3.18. The quantitative estimate of drug-likeness (QED) is 0.693. The van der Waals surface area contributed by atoms with E-state index >= 15 is 0 Å².